The van der Waals surface area contributed by atoms with Crippen LogP contribution >= 0.6 is 11.3 Å². The zero-order valence-corrected chi connectivity index (χ0v) is 20.0. The Bertz CT molecular complexity index is 1280. The zero-order chi connectivity index (χ0) is 24.7. The summed E-state index contributed by atoms with van der Waals surface area (Å²) in [6.07, 6.45) is -2.01. The Morgan fingerprint density at radius 3 is 2.51 bits per heavy atom. The van der Waals surface area contributed by atoms with Crippen molar-refractivity contribution in [3.8, 4) is 11.3 Å². The van der Waals surface area contributed by atoms with Gasteiger partial charge in [-0.1, -0.05) is 24.3 Å². The number of nitrogens with zero attached hydrogens (tertiary/aromatic N) is 3. The summed E-state index contributed by atoms with van der Waals surface area (Å²) in [6.45, 7) is 3.96. The highest BCUT2D eigenvalue weighted by atomic mass is 32.1. The van der Waals surface area contributed by atoms with E-state index in [2.05, 4.69) is 22.0 Å². The van der Waals surface area contributed by atoms with Crippen molar-refractivity contribution in [2.75, 3.05) is 18.0 Å². The van der Waals surface area contributed by atoms with Crippen molar-refractivity contribution in [2.24, 2.45) is 0 Å². The zero-order valence-electron chi connectivity index (χ0n) is 19.1. The molecule has 0 aliphatic carbocycles. The second kappa shape index (κ2) is 9.03. The molecule has 9 heteroatoms. The summed E-state index contributed by atoms with van der Waals surface area (Å²) < 4.78 is 39.3. The fourth-order valence-corrected chi connectivity index (χ4v) is 5.51. The molecule has 1 saturated heterocycles. The summed E-state index contributed by atoms with van der Waals surface area (Å²) in [5, 5.41) is 21.9. The van der Waals surface area contributed by atoms with E-state index in [4.69, 9.17) is 5.41 Å². The molecule has 2 aliphatic heterocycles. The van der Waals surface area contributed by atoms with Gasteiger partial charge in [0, 0.05) is 36.3 Å². The molecule has 3 aromatic rings. The molecule has 0 radical (unpaired) electrons. The summed E-state index contributed by atoms with van der Waals surface area (Å²) in [5.41, 5.74) is 2.92. The monoisotopic (exact) mass is 498 g/mol. The molecule has 5 nitrogen and oxygen atoms in total. The average molecular weight is 499 g/mol. The van der Waals surface area contributed by atoms with Crippen LogP contribution in [0.4, 0.5) is 18.9 Å². The van der Waals surface area contributed by atoms with Gasteiger partial charge in [0.25, 0.3) is 0 Å². The first kappa shape index (κ1) is 23.4. The van der Waals surface area contributed by atoms with Crippen molar-refractivity contribution in [3.63, 3.8) is 0 Å². The largest absolute Gasteiger partial charge is 0.509 e. The molecule has 2 aromatic carbocycles. The molecule has 5 rings (SSSR count). The SMILES string of the molecule is CC1C(O)=C(c2nc(-c3ccc(N4CCCC4)cc3)cs2)C(=N)N1Cc1cccc(C(F)(F)F)c1. The molecule has 0 spiro atoms. The maximum atomic E-state index is 13.1. The second-order valence-corrected chi connectivity index (χ2v) is 9.75. The van der Waals surface area contributed by atoms with E-state index >= 15 is 0 Å². The fraction of sp³-hybridized carbons (Fsp3) is 0.308. The van der Waals surface area contributed by atoms with E-state index in [9.17, 15) is 18.3 Å². The topological polar surface area (TPSA) is 63.5 Å². The minimum Gasteiger partial charge on any atom is -0.509 e. The summed E-state index contributed by atoms with van der Waals surface area (Å²) in [6, 6.07) is 12.8. The van der Waals surface area contributed by atoms with Gasteiger partial charge >= 0.3 is 6.18 Å². The van der Waals surface area contributed by atoms with Crippen molar-refractivity contribution in [2.45, 2.75) is 38.5 Å². The van der Waals surface area contributed by atoms with Crippen molar-refractivity contribution in [3.05, 3.63) is 75.8 Å². The Hall–Kier alpha value is -3.33. The predicted octanol–water partition coefficient (Wildman–Crippen LogP) is 6.58. The van der Waals surface area contributed by atoms with Crippen molar-refractivity contribution in [1.29, 1.82) is 5.41 Å². The van der Waals surface area contributed by atoms with Gasteiger partial charge in [-0.2, -0.15) is 13.2 Å². The van der Waals surface area contributed by atoms with Gasteiger partial charge in [0.1, 0.15) is 16.6 Å². The number of alkyl halides is 3. The van der Waals surface area contributed by atoms with Crippen LogP contribution in [0.2, 0.25) is 0 Å². The lowest BCUT2D eigenvalue weighted by atomic mass is 10.1. The predicted molar refractivity (Wildman–Crippen MR) is 133 cm³/mol. The average Bonchev–Trinajstić information content (AvgIpc) is 3.58. The highest BCUT2D eigenvalue weighted by Gasteiger charge is 2.37. The molecule has 1 aromatic heterocycles. The van der Waals surface area contributed by atoms with Crippen LogP contribution in [0.15, 0.2) is 59.7 Å². The molecule has 35 heavy (non-hydrogen) atoms. The lowest BCUT2D eigenvalue weighted by Crippen LogP contribution is -2.32. The lowest BCUT2D eigenvalue weighted by Gasteiger charge is -2.24. The second-order valence-electron chi connectivity index (χ2n) is 8.89. The minimum atomic E-state index is -4.43. The van der Waals surface area contributed by atoms with Gasteiger partial charge in [-0.25, -0.2) is 4.98 Å². The number of nitrogens with one attached hydrogen (secondary N) is 1. The molecule has 182 valence electrons. The molecule has 0 bridgehead atoms. The van der Waals surface area contributed by atoms with Gasteiger partial charge in [-0.3, -0.25) is 5.41 Å². The van der Waals surface area contributed by atoms with Crippen molar-refractivity contribution < 1.29 is 18.3 Å². The van der Waals surface area contributed by atoms with E-state index < -0.39 is 17.8 Å². The normalized spacial score (nSPS) is 18.7. The number of hydrogen-bond donors (Lipinski definition) is 2. The highest BCUT2D eigenvalue weighted by Crippen LogP contribution is 2.37. The molecule has 1 atom stereocenters. The first-order valence-corrected chi connectivity index (χ1v) is 12.4. The number of amidine groups is 1. The third-order valence-corrected chi connectivity index (χ3v) is 7.46. The minimum absolute atomic E-state index is 0.00672. The lowest BCUT2D eigenvalue weighted by molar-refractivity contribution is -0.137. The van der Waals surface area contributed by atoms with E-state index in [1.165, 1.54) is 35.9 Å². The van der Waals surface area contributed by atoms with Crippen LogP contribution in [0.3, 0.4) is 0 Å². The molecule has 0 saturated carbocycles. The maximum absolute atomic E-state index is 13.1. The number of aromatic nitrogens is 1. The van der Waals surface area contributed by atoms with E-state index in [-0.39, 0.29) is 18.1 Å². The standard InChI is InChI=1S/C26H25F3N4OS/c1-16-23(34)22(24(30)33(16)14-17-5-4-6-19(13-17)26(27,28)29)25-31-21(15-35-25)18-7-9-20(10-8-18)32-11-2-3-12-32/h4-10,13,15-16,30,34H,2-3,11-12,14H2,1H3. The molecular formula is C26H25F3N4OS. The van der Waals surface area contributed by atoms with Crippen LogP contribution in [-0.4, -0.2) is 40.0 Å². The van der Waals surface area contributed by atoms with Gasteiger partial charge in [-0.05, 0) is 49.6 Å². The van der Waals surface area contributed by atoms with Gasteiger partial charge in [0.2, 0.25) is 0 Å². The van der Waals surface area contributed by atoms with Crippen LogP contribution in [0.1, 0.15) is 35.9 Å². The van der Waals surface area contributed by atoms with Crippen LogP contribution in [0.5, 0.6) is 0 Å². The van der Waals surface area contributed by atoms with Crippen LogP contribution in [0.25, 0.3) is 16.8 Å². The number of rotatable bonds is 5. The van der Waals surface area contributed by atoms with E-state index in [1.54, 1.807) is 17.9 Å². The summed E-state index contributed by atoms with van der Waals surface area (Å²) in [5.74, 6) is 0.0601. The van der Waals surface area contributed by atoms with Gasteiger partial charge in [-0.15, -0.1) is 11.3 Å². The summed E-state index contributed by atoms with van der Waals surface area (Å²) in [4.78, 5) is 8.63. The smallest absolute Gasteiger partial charge is 0.416 e. The molecule has 3 heterocycles. The Morgan fingerprint density at radius 2 is 1.83 bits per heavy atom. The quantitative estimate of drug-likeness (QED) is 0.417. The molecule has 1 unspecified atom stereocenters. The number of hydrogen-bond acceptors (Lipinski definition) is 5. The van der Waals surface area contributed by atoms with E-state index in [0.29, 0.717) is 16.1 Å². The highest BCUT2D eigenvalue weighted by molar-refractivity contribution is 7.11. The number of benzene rings is 2. The summed E-state index contributed by atoms with van der Waals surface area (Å²) in [7, 11) is 0. The maximum Gasteiger partial charge on any atom is 0.416 e. The van der Waals surface area contributed by atoms with Crippen LogP contribution in [-0.2, 0) is 12.7 Å². The van der Waals surface area contributed by atoms with Gasteiger partial charge < -0.3 is 14.9 Å². The molecule has 0 amide bonds. The van der Waals surface area contributed by atoms with Crippen molar-refractivity contribution in [1.82, 2.24) is 9.88 Å². The van der Waals surface area contributed by atoms with Crippen molar-refractivity contribution >= 4 is 28.4 Å². The number of aliphatic hydroxyl groups excluding tert-OH is 1. The third-order valence-electron chi connectivity index (χ3n) is 6.60. The van der Waals surface area contributed by atoms with Crippen LogP contribution < -0.4 is 4.90 Å². The van der Waals surface area contributed by atoms with E-state index in [1.807, 2.05) is 17.5 Å². The molecular weight excluding hydrogens is 473 g/mol. The van der Waals surface area contributed by atoms with Gasteiger partial charge in [0.15, 0.2) is 0 Å². The van der Waals surface area contributed by atoms with E-state index in [0.717, 1.165) is 36.5 Å². The summed E-state index contributed by atoms with van der Waals surface area (Å²) >= 11 is 1.34. The van der Waals surface area contributed by atoms with Crippen LogP contribution in [0, 0.1) is 5.41 Å². The molecule has 2 N–H and O–H groups in total. The first-order chi connectivity index (χ1) is 16.7. The number of thiazole rings is 1. The molecule has 2 aliphatic rings. The Labute approximate surface area is 205 Å². The fourth-order valence-electron chi connectivity index (χ4n) is 4.62. The Balaban J connectivity index is 1.35. The molecule has 1 fully saturated rings. The Kier molecular flexibility index (Phi) is 6.04. The first-order valence-electron chi connectivity index (χ1n) is 11.5. The third kappa shape index (κ3) is 4.52. The van der Waals surface area contributed by atoms with Gasteiger partial charge in [0.05, 0.1) is 22.9 Å². The number of anilines is 1. The number of aliphatic hydroxyl groups is 1. The number of halogens is 3. The Morgan fingerprint density at radius 1 is 1.11 bits per heavy atom.